The van der Waals surface area contributed by atoms with E-state index in [1.54, 1.807) is 54.6 Å². The van der Waals surface area contributed by atoms with Crippen molar-refractivity contribution in [3.63, 3.8) is 0 Å². The summed E-state index contributed by atoms with van der Waals surface area (Å²) >= 11 is 0. The van der Waals surface area contributed by atoms with Crippen LogP contribution in [-0.4, -0.2) is 15.2 Å². The maximum atomic E-state index is 13.7. The second-order valence-corrected chi connectivity index (χ2v) is 6.23. The van der Waals surface area contributed by atoms with Crippen molar-refractivity contribution in [1.29, 1.82) is 0 Å². The van der Waals surface area contributed by atoms with E-state index in [-0.39, 0.29) is 17.3 Å². The summed E-state index contributed by atoms with van der Waals surface area (Å²) in [5.41, 5.74) is 4.67. The molecule has 0 spiro atoms. The third-order valence-corrected chi connectivity index (χ3v) is 4.31. The predicted octanol–water partition coefficient (Wildman–Crippen LogP) is 5.63. The Morgan fingerprint density at radius 2 is 1.07 bits per heavy atom. The molecule has 0 fully saturated rings. The zero-order chi connectivity index (χ0) is 18.8. The van der Waals surface area contributed by atoms with E-state index in [0.717, 1.165) is 22.3 Å². The smallest absolute Gasteiger partial charge is 0.123 e. The zero-order valence-corrected chi connectivity index (χ0v) is 14.3. The zero-order valence-electron chi connectivity index (χ0n) is 14.3. The van der Waals surface area contributed by atoms with Crippen molar-refractivity contribution in [3.05, 3.63) is 90.7 Å². The summed E-state index contributed by atoms with van der Waals surface area (Å²) < 4.78 is 13.7. The van der Waals surface area contributed by atoms with E-state index in [1.165, 1.54) is 12.1 Å². The first kappa shape index (κ1) is 16.8. The van der Waals surface area contributed by atoms with Crippen molar-refractivity contribution in [2.75, 3.05) is 0 Å². The highest BCUT2D eigenvalue weighted by atomic mass is 19.1. The number of pyridine rings is 1. The average Bonchev–Trinajstić information content (AvgIpc) is 2.69. The molecule has 4 aromatic rings. The van der Waals surface area contributed by atoms with Crippen LogP contribution in [0.5, 0.6) is 11.5 Å². The topological polar surface area (TPSA) is 53.4 Å². The molecule has 27 heavy (non-hydrogen) atoms. The van der Waals surface area contributed by atoms with Gasteiger partial charge in [-0.15, -0.1) is 0 Å². The number of phenols is 2. The normalized spacial score (nSPS) is 10.7. The Bertz CT molecular complexity index is 1030. The number of hydrogen-bond donors (Lipinski definition) is 2. The van der Waals surface area contributed by atoms with Gasteiger partial charge in [0.25, 0.3) is 0 Å². The molecule has 0 unspecified atom stereocenters. The van der Waals surface area contributed by atoms with Gasteiger partial charge >= 0.3 is 0 Å². The number of phenolic OH excluding ortho intramolecular Hbond substituents is 2. The molecule has 1 aromatic heterocycles. The molecule has 0 aliphatic heterocycles. The van der Waals surface area contributed by atoms with Crippen molar-refractivity contribution < 1.29 is 14.6 Å². The predicted molar refractivity (Wildman–Crippen MR) is 104 cm³/mol. The van der Waals surface area contributed by atoms with Gasteiger partial charge in [-0.1, -0.05) is 12.1 Å². The molecule has 4 rings (SSSR count). The first-order valence-corrected chi connectivity index (χ1v) is 8.45. The maximum Gasteiger partial charge on any atom is 0.123 e. The van der Waals surface area contributed by atoms with Gasteiger partial charge in [0.05, 0.1) is 11.4 Å². The van der Waals surface area contributed by atoms with Crippen LogP contribution in [0.2, 0.25) is 0 Å². The number of nitrogens with zero attached hydrogens (tertiary/aromatic N) is 1. The lowest BCUT2D eigenvalue weighted by atomic mass is 10.00. The van der Waals surface area contributed by atoms with Gasteiger partial charge < -0.3 is 10.2 Å². The van der Waals surface area contributed by atoms with Gasteiger partial charge in [-0.2, -0.15) is 0 Å². The molecule has 0 radical (unpaired) electrons. The van der Waals surface area contributed by atoms with Gasteiger partial charge in [-0.25, -0.2) is 9.37 Å². The SMILES string of the molecule is Oc1ccc(-c2cc(-c3cccc(F)c3)cc(-c3ccc(O)cc3)n2)cc1. The molecule has 4 heteroatoms. The molecule has 0 amide bonds. The summed E-state index contributed by atoms with van der Waals surface area (Å²) in [5, 5.41) is 19.1. The standard InChI is InChI=1S/C23H16FNO2/c24-19-3-1-2-17(12-19)18-13-22(15-4-8-20(26)9-5-15)25-23(14-18)16-6-10-21(27)11-7-16/h1-14,26-27H. The second-order valence-electron chi connectivity index (χ2n) is 6.23. The molecule has 2 N–H and O–H groups in total. The summed E-state index contributed by atoms with van der Waals surface area (Å²) in [7, 11) is 0. The van der Waals surface area contributed by atoms with Crippen molar-refractivity contribution in [1.82, 2.24) is 4.98 Å². The lowest BCUT2D eigenvalue weighted by Crippen LogP contribution is -1.91. The van der Waals surface area contributed by atoms with E-state index in [4.69, 9.17) is 4.98 Å². The second kappa shape index (κ2) is 6.92. The molecule has 132 valence electrons. The Kier molecular flexibility index (Phi) is 4.30. The average molecular weight is 357 g/mol. The van der Waals surface area contributed by atoms with Crippen LogP contribution in [-0.2, 0) is 0 Å². The lowest BCUT2D eigenvalue weighted by molar-refractivity contribution is 0.475. The Labute approximate surface area is 156 Å². The number of hydrogen-bond acceptors (Lipinski definition) is 3. The number of aromatic nitrogens is 1. The first-order chi connectivity index (χ1) is 13.1. The van der Waals surface area contributed by atoms with Gasteiger partial charge in [-0.3, -0.25) is 0 Å². The fourth-order valence-corrected chi connectivity index (χ4v) is 2.93. The summed E-state index contributed by atoms with van der Waals surface area (Å²) in [6, 6.07) is 23.8. The molecule has 0 aliphatic carbocycles. The molecule has 1 heterocycles. The van der Waals surface area contributed by atoms with Crippen LogP contribution >= 0.6 is 0 Å². The maximum absolute atomic E-state index is 13.7. The van der Waals surface area contributed by atoms with Crippen LogP contribution < -0.4 is 0 Å². The number of benzene rings is 3. The third kappa shape index (κ3) is 3.65. The molecule has 0 aliphatic rings. The Balaban J connectivity index is 1.90. The molecular formula is C23H16FNO2. The fourth-order valence-electron chi connectivity index (χ4n) is 2.93. The molecular weight excluding hydrogens is 341 g/mol. The minimum absolute atomic E-state index is 0.179. The van der Waals surface area contributed by atoms with E-state index in [2.05, 4.69) is 0 Å². The van der Waals surface area contributed by atoms with Gasteiger partial charge in [0.2, 0.25) is 0 Å². The summed E-state index contributed by atoms with van der Waals surface area (Å²) in [6.45, 7) is 0. The first-order valence-electron chi connectivity index (χ1n) is 8.45. The van der Waals surface area contributed by atoms with Crippen molar-refractivity contribution >= 4 is 0 Å². The van der Waals surface area contributed by atoms with Gasteiger partial charge in [-0.05, 0) is 83.9 Å². The molecule has 0 bridgehead atoms. The minimum atomic E-state index is -0.304. The molecule has 0 saturated heterocycles. The number of aromatic hydroxyl groups is 2. The van der Waals surface area contributed by atoms with Crippen molar-refractivity contribution in [2.24, 2.45) is 0 Å². The lowest BCUT2D eigenvalue weighted by Gasteiger charge is -2.10. The molecule has 0 saturated carbocycles. The van der Waals surface area contributed by atoms with Crippen LogP contribution in [0.25, 0.3) is 33.6 Å². The highest BCUT2D eigenvalue weighted by Gasteiger charge is 2.10. The largest absolute Gasteiger partial charge is 0.508 e. The van der Waals surface area contributed by atoms with Gasteiger partial charge in [0, 0.05) is 11.1 Å². The van der Waals surface area contributed by atoms with E-state index in [9.17, 15) is 14.6 Å². The van der Waals surface area contributed by atoms with E-state index in [0.29, 0.717) is 11.4 Å². The van der Waals surface area contributed by atoms with Crippen molar-refractivity contribution in [2.45, 2.75) is 0 Å². The minimum Gasteiger partial charge on any atom is -0.508 e. The quantitative estimate of drug-likeness (QED) is 0.499. The van der Waals surface area contributed by atoms with Crippen molar-refractivity contribution in [3.8, 4) is 45.1 Å². The van der Waals surface area contributed by atoms with Crippen LogP contribution in [0, 0.1) is 5.82 Å². The van der Waals surface area contributed by atoms with Gasteiger partial charge in [0.15, 0.2) is 0 Å². The molecule has 3 aromatic carbocycles. The van der Waals surface area contributed by atoms with Crippen LogP contribution in [0.15, 0.2) is 84.9 Å². The van der Waals surface area contributed by atoms with Crippen LogP contribution in [0.1, 0.15) is 0 Å². The Morgan fingerprint density at radius 3 is 1.56 bits per heavy atom. The van der Waals surface area contributed by atoms with E-state index < -0.39 is 0 Å². The molecule has 0 atom stereocenters. The van der Waals surface area contributed by atoms with E-state index in [1.807, 2.05) is 18.2 Å². The van der Waals surface area contributed by atoms with Crippen LogP contribution in [0.4, 0.5) is 4.39 Å². The highest BCUT2D eigenvalue weighted by Crippen LogP contribution is 2.31. The number of halogens is 1. The Morgan fingerprint density at radius 1 is 0.556 bits per heavy atom. The van der Waals surface area contributed by atoms with Crippen LogP contribution in [0.3, 0.4) is 0 Å². The molecule has 3 nitrogen and oxygen atoms in total. The monoisotopic (exact) mass is 357 g/mol. The fraction of sp³-hybridized carbons (Fsp3) is 0. The third-order valence-electron chi connectivity index (χ3n) is 4.31. The Hall–Kier alpha value is -3.66. The van der Waals surface area contributed by atoms with Gasteiger partial charge in [0.1, 0.15) is 17.3 Å². The van der Waals surface area contributed by atoms with E-state index >= 15 is 0 Å². The summed E-state index contributed by atoms with van der Waals surface area (Å²) in [4.78, 5) is 4.72. The number of rotatable bonds is 3. The summed E-state index contributed by atoms with van der Waals surface area (Å²) in [6.07, 6.45) is 0. The summed E-state index contributed by atoms with van der Waals surface area (Å²) in [5.74, 6) is 0.0549. The highest BCUT2D eigenvalue weighted by molar-refractivity contribution is 5.76.